The van der Waals surface area contributed by atoms with E-state index in [1.54, 1.807) is 0 Å². The Hall–Kier alpha value is -9.12. The molecule has 4 heteroatoms. The maximum atomic E-state index is 2.74. The fourth-order valence-electron chi connectivity index (χ4n) is 13.8. The van der Waals surface area contributed by atoms with Gasteiger partial charge in [0.1, 0.15) is 0 Å². The van der Waals surface area contributed by atoms with Crippen molar-refractivity contribution in [3.8, 4) is 50.2 Å². The summed E-state index contributed by atoms with van der Waals surface area (Å²) < 4.78 is 2.51. The highest BCUT2D eigenvalue weighted by molar-refractivity contribution is 7.02. The molecular weight excluding hydrogens is 1040 g/mol. The molecule has 1 aromatic heterocycles. The van der Waals surface area contributed by atoms with E-state index >= 15 is 0 Å². The summed E-state index contributed by atoms with van der Waals surface area (Å²) in [5, 5.41) is 2.51. The lowest BCUT2D eigenvalue weighted by molar-refractivity contribution is 0.589. The highest BCUT2D eigenvalue weighted by Gasteiger charge is 2.48. The van der Waals surface area contributed by atoms with Gasteiger partial charge >= 0.3 is 0 Å². The van der Waals surface area contributed by atoms with Gasteiger partial charge < -0.3 is 14.4 Å². The predicted octanol–water partition coefficient (Wildman–Crippen LogP) is 20.7. The third-order valence-electron chi connectivity index (χ3n) is 18.4. The van der Waals surface area contributed by atoms with Crippen LogP contribution in [0.1, 0.15) is 105 Å². The molecule has 0 bridgehead atoms. The average molecular weight is 1110 g/mol. The Morgan fingerprint density at radius 1 is 0.291 bits per heavy atom. The molecule has 86 heavy (non-hydrogen) atoms. The molecule has 0 unspecified atom stereocenters. The van der Waals surface area contributed by atoms with Crippen molar-refractivity contribution >= 4 is 79.0 Å². The van der Waals surface area contributed by atoms with Crippen LogP contribution in [0.25, 0.3) is 72.0 Å². The molecule has 2 aliphatic rings. The average Bonchev–Trinajstić information content (AvgIpc) is 1.04. The van der Waals surface area contributed by atoms with Gasteiger partial charge in [0.25, 0.3) is 6.71 Å². The molecule has 2 aliphatic heterocycles. The van der Waals surface area contributed by atoms with Crippen molar-refractivity contribution in [1.82, 2.24) is 4.57 Å². The molecule has 3 heterocycles. The fraction of sp³-hybridized carbons (Fsp3) is 0.195. The van der Waals surface area contributed by atoms with Gasteiger partial charge in [-0.25, -0.2) is 0 Å². The fourth-order valence-corrected chi connectivity index (χ4v) is 13.8. The number of anilines is 6. The van der Waals surface area contributed by atoms with Gasteiger partial charge in [0.15, 0.2) is 0 Å². The number of nitrogens with zero attached hydrogens (tertiary/aromatic N) is 3. The quantitative estimate of drug-likeness (QED) is 0.147. The van der Waals surface area contributed by atoms with Crippen LogP contribution in [0.2, 0.25) is 0 Å². The lowest BCUT2D eigenvalue weighted by Gasteiger charge is -2.47. The second-order valence-electron chi connectivity index (χ2n) is 28.2. The van der Waals surface area contributed by atoms with Gasteiger partial charge in [-0.15, -0.1) is 0 Å². The van der Waals surface area contributed by atoms with Gasteiger partial charge in [0.05, 0.1) is 22.4 Å². The van der Waals surface area contributed by atoms with Crippen LogP contribution < -0.4 is 26.2 Å². The van der Waals surface area contributed by atoms with E-state index in [1.807, 2.05) is 0 Å². The van der Waals surface area contributed by atoms with Gasteiger partial charge in [0, 0.05) is 61.5 Å². The van der Waals surface area contributed by atoms with Crippen LogP contribution in [-0.2, 0) is 21.7 Å². The minimum Gasteiger partial charge on any atom is -0.310 e. The summed E-state index contributed by atoms with van der Waals surface area (Å²) in [6.07, 6.45) is 0. The number of hydrogen-bond acceptors (Lipinski definition) is 2. The lowest BCUT2D eigenvalue weighted by atomic mass is 9.32. The highest BCUT2D eigenvalue weighted by Crippen LogP contribution is 2.56. The normalized spacial score (nSPS) is 13.3. The van der Waals surface area contributed by atoms with Crippen molar-refractivity contribution in [2.24, 2.45) is 0 Å². The zero-order valence-corrected chi connectivity index (χ0v) is 52.0. The Morgan fingerprint density at radius 2 is 0.663 bits per heavy atom. The Balaban J connectivity index is 1.24. The van der Waals surface area contributed by atoms with E-state index in [0.29, 0.717) is 0 Å². The van der Waals surface area contributed by atoms with Crippen LogP contribution in [0.15, 0.2) is 243 Å². The van der Waals surface area contributed by atoms with E-state index in [-0.39, 0.29) is 28.4 Å². The second-order valence-corrected chi connectivity index (χ2v) is 28.2. The first-order valence-electron chi connectivity index (χ1n) is 30.9. The molecule has 3 nitrogen and oxygen atoms in total. The molecule has 0 radical (unpaired) electrons. The molecule has 0 atom stereocenters. The van der Waals surface area contributed by atoms with Crippen LogP contribution in [0.3, 0.4) is 0 Å². The van der Waals surface area contributed by atoms with Gasteiger partial charge in [-0.1, -0.05) is 253 Å². The summed E-state index contributed by atoms with van der Waals surface area (Å²) in [6.45, 7) is 28.2. The zero-order valence-electron chi connectivity index (χ0n) is 52.0. The molecule has 0 spiro atoms. The number of rotatable bonds is 7. The van der Waals surface area contributed by atoms with Crippen LogP contribution >= 0.6 is 0 Å². The topological polar surface area (TPSA) is 11.4 Å². The Labute approximate surface area is 510 Å². The largest absolute Gasteiger partial charge is 0.310 e. The van der Waals surface area contributed by atoms with Crippen molar-refractivity contribution in [2.75, 3.05) is 9.80 Å². The lowest BCUT2D eigenvalue weighted by Crippen LogP contribution is -2.62. The van der Waals surface area contributed by atoms with Crippen LogP contribution in [0, 0.1) is 0 Å². The van der Waals surface area contributed by atoms with Crippen LogP contribution in [-0.4, -0.2) is 11.3 Å². The molecule has 0 saturated carbocycles. The van der Waals surface area contributed by atoms with Crippen molar-refractivity contribution in [3.63, 3.8) is 0 Å². The summed E-state index contributed by atoms with van der Waals surface area (Å²) >= 11 is 0. The predicted molar refractivity (Wildman–Crippen MR) is 371 cm³/mol. The molecule has 0 amide bonds. The summed E-state index contributed by atoms with van der Waals surface area (Å²) in [5.74, 6) is 0. The van der Waals surface area contributed by atoms with Crippen LogP contribution in [0.4, 0.5) is 34.1 Å². The van der Waals surface area contributed by atoms with E-state index in [1.165, 1.54) is 139 Å². The molecule has 422 valence electrons. The summed E-state index contributed by atoms with van der Waals surface area (Å²) in [4.78, 5) is 5.47. The first-order chi connectivity index (χ1) is 41.2. The Morgan fingerprint density at radius 3 is 1.09 bits per heavy atom. The smallest absolute Gasteiger partial charge is 0.253 e. The van der Waals surface area contributed by atoms with E-state index in [9.17, 15) is 0 Å². The zero-order chi connectivity index (χ0) is 59.6. The summed E-state index contributed by atoms with van der Waals surface area (Å²) in [6, 6.07) is 92.5. The van der Waals surface area contributed by atoms with Crippen LogP contribution in [0.5, 0.6) is 0 Å². The summed E-state index contributed by atoms with van der Waals surface area (Å²) in [7, 11) is 0. The first-order valence-corrected chi connectivity index (χ1v) is 30.9. The van der Waals surface area contributed by atoms with Gasteiger partial charge in [-0.3, -0.25) is 0 Å². The standard InChI is InChI=1S/C82H76BN3/c1-79(2,3)57-42-43-67-71(50-57)86(78-65(55-34-22-15-23-35-55)48-59(81(7,8)9)49-66(78)56-36-24-16-25-37-56)73-52-60(82(10,11)12)51-72-75(73)83(67)76-70(45-44-69-74(76)62-40-28-29-41-68(62)84(69)61-38-26-17-27-39-61)85(72)77-63(53-30-18-13-19-31-53)46-58(80(4,5)6)47-64(77)54-32-20-14-21-33-54/h13-52H,1-12H3. The number of aromatic nitrogens is 1. The van der Waals surface area contributed by atoms with Crippen molar-refractivity contribution < 1.29 is 0 Å². The molecule has 12 aromatic rings. The van der Waals surface area contributed by atoms with E-state index in [0.717, 1.165) is 5.69 Å². The SMILES string of the molecule is CC(C)(C)c1cc(-c2ccccc2)c(N2c3cc(C(C)(C)C)ccc3B3c4c2cc(C(C)(C)C)cc4N(c2c(-c4ccccc4)cc(C(C)(C)C)cc2-c2ccccc2)c2ccc4c(c23)c2ccccc2n4-c2ccccc2)c(-c2ccccc2)c1. The molecule has 0 saturated heterocycles. The molecule has 0 aliphatic carbocycles. The van der Waals surface area contributed by atoms with E-state index in [2.05, 4.69) is 340 Å². The molecule has 14 rings (SSSR count). The molecule has 0 fully saturated rings. The van der Waals surface area contributed by atoms with Crippen molar-refractivity contribution in [3.05, 3.63) is 265 Å². The monoisotopic (exact) mass is 1110 g/mol. The van der Waals surface area contributed by atoms with Gasteiger partial charge in [-0.05, 0) is 155 Å². The highest BCUT2D eigenvalue weighted by atomic mass is 15.2. The van der Waals surface area contributed by atoms with Crippen molar-refractivity contribution in [1.29, 1.82) is 0 Å². The van der Waals surface area contributed by atoms with Gasteiger partial charge in [0.2, 0.25) is 0 Å². The third kappa shape index (κ3) is 9.11. The summed E-state index contributed by atoms with van der Waals surface area (Å²) in [5.41, 5.74) is 28.5. The number of hydrogen-bond donors (Lipinski definition) is 0. The number of para-hydroxylation sites is 2. The molecule has 11 aromatic carbocycles. The first kappa shape index (κ1) is 54.8. The van der Waals surface area contributed by atoms with Crippen molar-refractivity contribution in [2.45, 2.75) is 105 Å². The second kappa shape index (κ2) is 20.3. The number of fused-ring (bicyclic) bond motifs is 8. The maximum absolute atomic E-state index is 2.74. The minimum absolute atomic E-state index is 0.148. The Bertz CT molecular complexity index is 4470. The Kier molecular flexibility index (Phi) is 12.9. The van der Waals surface area contributed by atoms with E-state index in [4.69, 9.17) is 0 Å². The molecular formula is C82H76BN3. The number of benzene rings is 11. The maximum Gasteiger partial charge on any atom is 0.253 e. The minimum atomic E-state index is -0.263. The third-order valence-corrected chi connectivity index (χ3v) is 18.4. The molecule has 0 N–H and O–H groups in total. The van der Waals surface area contributed by atoms with E-state index < -0.39 is 0 Å². The van der Waals surface area contributed by atoms with Gasteiger partial charge in [-0.2, -0.15) is 0 Å².